The number of nitrogens with zero attached hydrogens (tertiary/aromatic N) is 3. The highest BCUT2D eigenvalue weighted by molar-refractivity contribution is 5.98. The number of H-pyrrole nitrogens is 1. The Bertz CT molecular complexity index is 1040. The van der Waals surface area contributed by atoms with Gasteiger partial charge in [0.05, 0.1) is 6.54 Å². The van der Waals surface area contributed by atoms with Crippen molar-refractivity contribution in [1.82, 2.24) is 25.4 Å². The van der Waals surface area contributed by atoms with E-state index in [4.69, 9.17) is 4.52 Å². The fourth-order valence-electron chi connectivity index (χ4n) is 2.44. The molecule has 7 nitrogen and oxygen atoms in total. The van der Waals surface area contributed by atoms with Crippen LogP contribution in [-0.2, 0) is 6.54 Å². The predicted molar refractivity (Wildman–Crippen MR) is 87.0 cm³/mol. The van der Waals surface area contributed by atoms with Crippen molar-refractivity contribution < 1.29 is 13.7 Å². The third-order valence-electron chi connectivity index (χ3n) is 3.66. The summed E-state index contributed by atoms with van der Waals surface area (Å²) in [6, 6.07) is 9.61. The largest absolute Gasteiger partial charge is 0.350 e. The van der Waals surface area contributed by atoms with Gasteiger partial charge in [-0.25, -0.2) is 4.39 Å². The van der Waals surface area contributed by atoms with Crippen LogP contribution in [0.25, 0.3) is 22.3 Å². The first-order valence-electron chi connectivity index (χ1n) is 7.49. The third-order valence-corrected chi connectivity index (χ3v) is 3.66. The van der Waals surface area contributed by atoms with E-state index in [2.05, 4.69) is 25.4 Å². The fraction of sp³-hybridized carbons (Fsp3) is 0.0588. The summed E-state index contributed by atoms with van der Waals surface area (Å²) in [7, 11) is 0. The van der Waals surface area contributed by atoms with Crippen LogP contribution < -0.4 is 5.32 Å². The molecule has 0 atom stereocenters. The maximum absolute atomic E-state index is 13.7. The van der Waals surface area contributed by atoms with Crippen LogP contribution >= 0.6 is 0 Å². The van der Waals surface area contributed by atoms with Gasteiger partial charge >= 0.3 is 0 Å². The number of benzene rings is 1. The smallest absolute Gasteiger partial charge is 0.268 e. The molecule has 1 amide bonds. The Morgan fingerprint density at radius 3 is 2.88 bits per heavy atom. The number of nitrogens with one attached hydrogen (secondary N) is 2. The van der Waals surface area contributed by atoms with Gasteiger partial charge < -0.3 is 14.8 Å². The van der Waals surface area contributed by atoms with Crippen molar-refractivity contribution in [3.63, 3.8) is 0 Å². The number of halogens is 1. The lowest BCUT2D eigenvalue weighted by atomic mass is 10.2. The molecule has 0 spiro atoms. The molecule has 0 unspecified atom stereocenters. The molecule has 3 heterocycles. The van der Waals surface area contributed by atoms with Crippen LogP contribution in [0, 0.1) is 5.82 Å². The summed E-state index contributed by atoms with van der Waals surface area (Å²) >= 11 is 0. The molecule has 25 heavy (non-hydrogen) atoms. The average molecular weight is 337 g/mol. The molecule has 0 fully saturated rings. The van der Waals surface area contributed by atoms with Crippen LogP contribution in [0.5, 0.6) is 0 Å². The maximum atomic E-state index is 13.7. The molecule has 4 rings (SSSR count). The fourth-order valence-corrected chi connectivity index (χ4v) is 2.44. The van der Waals surface area contributed by atoms with E-state index in [-0.39, 0.29) is 29.9 Å². The van der Waals surface area contributed by atoms with Gasteiger partial charge in [0.25, 0.3) is 5.91 Å². The Balaban J connectivity index is 1.46. The summed E-state index contributed by atoms with van der Waals surface area (Å²) in [4.78, 5) is 23.2. The van der Waals surface area contributed by atoms with E-state index in [0.717, 1.165) is 5.56 Å². The lowest BCUT2D eigenvalue weighted by Gasteiger charge is -1.99. The van der Waals surface area contributed by atoms with Crippen LogP contribution in [0.2, 0.25) is 0 Å². The normalized spacial score (nSPS) is 10.9. The van der Waals surface area contributed by atoms with Crippen LogP contribution in [0.1, 0.15) is 16.4 Å². The molecular weight excluding hydrogens is 325 g/mol. The van der Waals surface area contributed by atoms with E-state index in [9.17, 15) is 9.18 Å². The Morgan fingerprint density at radius 2 is 2.08 bits per heavy atom. The van der Waals surface area contributed by atoms with E-state index < -0.39 is 0 Å². The van der Waals surface area contributed by atoms with Crippen molar-refractivity contribution in [2.24, 2.45) is 0 Å². The molecule has 0 aliphatic heterocycles. The number of amides is 1. The first kappa shape index (κ1) is 15.0. The quantitative estimate of drug-likeness (QED) is 0.597. The Hall–Kier alpha value is -3.55. The second-order valence-electron chi connectivity index (χ2n) is 5.31. The molecule has 0 aliphatic rings. The summed E-state index contributed by atoms with van der Waals surface area (Å²) in [5.74, 6) is -0.0901. The van der Waals surface area contributed by atoms with Crippen LogP contribution in [0.3, 0.4) is 0 Å². The second-order valence-corrected chi connectivity index (χ2v) is 5.31. The van der Waals surface area contributed by atoms with E-state index >= 15 is 0 Å². The number of pyridine rings is 1. The lowest BCUT2D eigenvalue weighted by Crippen LogP contribution is -2.23. The average Bonchev–Trinajstić information content (AvgIpc) is 3.28. The van der Waals surface area contributed by atoms with Gasteiger partial charge in [0.15, 0.2) is 0 Å². The third kappa shape index (κ3) is 2.97. The van der Waals surface area contributed by atoms with Crippen molar-refractivity contribution in [1.29, 1.82) is 0 Å². The molecule has 0 radical (unpaired) electrons. The van der Waals surface area contributed by atoms with Gasteiger partial charge in [0, 0.05) is 28.9 Å². The van der Waals surface area contributed by atoms with Gasteiger partial charge in [-0.05, 0) is 30.3 Å². The molecule has 0 bridgehead atoms. The maximum Gasteiger partial charge on any atom is 0.268 e. The molecule has 0 saturated heterocycles. The van der Waals surface area contributed by atoms with Gasteiger partial charge in [-0.15, -0.1) is 0 Å². The highest BCUT2D eigenvalue weighted by Crippen LogP contribution is 2.19. The number of carbonyl (C=O) groups excluding carboxylic acids is 1. The van der Waals surface area contributed by atoms with Crippen LogP contribution in [-0.4, -0.2) is 26.0 Å². The minimum atomic E-state index is -0.390. The van der Waals surface area contributed by atoms with Crippen LogP contribution in [0.4, 0.5) is 4.39 Å². The molecule has 1 aromatic carbocycles. The van der Waals surface area contributed by atoms with Gasteiger partial charge in [-0.1, -0.05) is 11.2 Å². The second kappa shape index (κ2) is 6.16. The summed E-state index contributed by atoms with van der Waals surface area (Å²) in [5.41, 5.74) is 1.58. The van der Waals surface area contributed by atoms with Crippen molar-refractivity contribution >= 4 is 16.8 Å². The minimum Gasteiger partial charge on any atom is -0.350 e. The highest BCUT2D eigenvalue weighted by atomic mass is 19.1. The van der Waals surface area contributed by atoms with Crippen molar-refractivity contribution in [2.45, 2.75) is 6.54 Å². The number of carbonyl (C=O) groups is 1. The molecule has 8 heteroatoms. The van der Waals surface area contributed by atoms with Crippen molar-refractivity contribution in [3.05, 3.63) is 66.2 Å². The van der Waals surface area contributed by atoms with Crippen molar-refractivity contribution in [3.8, 4) is 11.4 Å². The van der Waals surface area contributed by atoms with Gasteiger partial charge in [-0.2, -0.15) is 4.98 Å². The standard InChI is InChI=1S/C17H12FN5O2/c18-12-2-1-3-13-11(12)8-14(21-13)17(24)20-9-15-22-16(23-25-15)10-4-6-19-7-5-10/h1-8,21H,9H2,(H,20,24). The highest BCUT2D eigenvalue weighted by Gasteiger charge is 2.14. The zero-order valence-corrected chi connectivity index (χ0v) is 12.9. The monoisotopic (exact) mass is 337 g/mol. The first-order valence-corrected chi connectivity index (χ1v) is 7.49. The van der Waals surface area contributed by atoms with E-state index in [1.54, 1.807) is 36.7 Å². The molecule has 3 aromatic heterocycles. The van der Waals surface area contributed by atoms with Crippen LogP contribution in [0.15, 0.2) is 53.3 Å². The molecule has 0 aliphatic carbocycles. The zero-order chi connectivity index (χ0) is 17.2. The predicted octanol–water partition coefficient (Wildman–Crippen LogP) is 2.68. The SMILES string of the molecule is O=C(NCc1nc(-c2ccncc2)no1)c1cc2c(F)cccc2[nH]1. The van der Waals surface area contributed by atoms with Gasteiger partial charge in [0.2, 0.25) is 11.7 Å². The minimum absolute atomic E-state index is 0.0643. The topological polar surface area (TPSA) is 96.7 Å². The van der Waals surface area contributed by atoms with E-state index in [1.807, 2.05) is 0 Å². The summed E-state index contributed by atoms with van der Waals surface area (Å²) in [6.07, 6.45) is 3.25. The number of aromatic amines is 1. The number of aromatic nitrogens is 4. The molecule has 2 N–H and O–H groups in total. The lowest BCUT2D eigenvalue weighted by molar-refractivity contribution is 0.0942. The number of rotatable bonds is 4. The Kier molecular flexibility index (Phi) is 3.70. The van der Waals surface area contributed by atoms with Gasteiger partial charge in [0.1, 0.15) is 11.5 Å². The molecule has 0 saturated carbocycles. The van der Waals surface area contributed by atoms with Crippen molar-refractivity contribution in [2.75, 3.05) is 0 Å². The summed E-state index contributed by atoms with van der Waals surface area (Å²) < 4.78 is 18.8. The number of hydrogen-bond acceptors (Lipinski definition) is 5. The number of hydrogen-bond donors (Lipinski definition) is 2. The molecular formula is C17H12FN5O2. The Labute approximate surface area is 140 Å². The molecule has 4 aromatic rings. The summed E-state index contributed by atoms with van der Waals surface area (Å²) in [6.45, 7) is 0.0643. The van der Waals surface area contributed by atoms with Gasteiger partial charge in [-0.3, -0.25) is 9.78 Å². The molecule has 124 valence electrons. The van der Waals surface area contributed by atoms with E-state index in [0.29, 0.717) is 16.7 Å². The van der Waals surface area contributed by atoms with E-state index in [1.165, 1.54) is 12.1 Å². The summed E-state index contributed by atoms with van der Waals surface area (Å²) in [5, 5.41) is 6.89. The first-order chi connectivity index (χ1) is 12.2. The Morgan fingerprint density at radius 1 is 1.24 bits per heavy atom. The zero-order valence-electron chi connectivity index (χ0n) is 12.9. The number of fused-ring (bicyclic) bond motifs is 1.